The first-order chi connectivity index (χ1) is 16.9. The fourth-order valence-corrected chi connectivity index (χ4v) is 5.49. The van der Waals surface area contributed by atoms with Gasteiger partial charge in [0.05, 0.1) is 21.1 Å². The minimum atomic E-state index is -4.78. The van der Waals surface area contributed by atoms with E-state index in [-0.39, 0.29) is 11.6 Å². The number of hydrogen-bond acceptors (Lipinski definition) is 5. The fraction of sp³-hybridized carbons (Fsp3) is 0.174. The minimum Gasteiger partial charge on any atom is -0.310 e. The molecule has 0 aliphatic carbocycles. The molecule has 1 amide bonds. The van der Waals surface area contributed by atoms with E-state index in [0.29, 0.717) is 28.5 Å². The molecule has 1 heterocycles. The number of hydrogen-bond donors (Lipinski definition) is 0. The number of carbonyl (C=O) groups is 1. The van der Waals surface area contributed by atoms with E-state index in [0.717, 1.165) is 35.9 Å². The van der Waals surface area contributed by atoms with E-state index in [9.17, 15) is 36.5 Å². The van der Waals surface area contributed by atoms with E-state index >= 15 is 0 Å². The molecule has 0 atom stereocenters. The molecule has 8 nitrogen and oxygen atoms in total. The van der Waals surface area contributed by atoms with Gasteiger partial charge in [0.2, 0.25) is 5.91 Å². The summed E-state index contributed by atoms with van der Waals surface area (Å²) in [6.07, 6.45) is -4.25. The number of nitro groups is 1. The Kier molecular flexibility index (Phi) is 6.67. The number of nitro benzene ring substituents is 1. The maximum absolute atomic E-state index is 13.6. The third-order valence-corrected chi connectivity index (χ3v) is 7.72. The molecule has 0 unspecified atom stereocenters. The summed E-state index contributed by atoms with van der Waals surface area (Å²) in [5, 5.41) is 11.0. The summed E-state index contributed by atoms with van der Waals surface area (Å²) in [6, 6.07) is 13.2. The first kappa shape index (κ1) is 25.5. The Morgan fingerprint density at radius 1 is 1.08 bits per heavy atom. The van der Waals surface area contributed by atoms with Crippen LogP contribution in [0, 0.1) is 10.1 Å². The monoisotopic (exact) mass is 539 g/mol. The maximum Gasteiger partial charge on any atom is 0.416 e. The van der Waals surface area contributed by atoms with Crippen molar-refractivity contribution in [3.8, 4) is 0 Å². The number of para-hydroxylation sites is 1. The van der Waals surface area contributed by atoms with Gasteiger partial charge in [-0.05, 0) is 48.4 Å². The maximum atomic E-state index is 13.6. The molecule has 1 aliphatic rings. The van der Waals surface area contributed by atoms with Crippen LogP contribution in [0.2, 0.25) is 5.02 Å². The summed E-state index contributed by atoms with van der Waals surface area (Å²) >= 11 is 5.79. The van der Waals surface area contributed by atoms with Crippen LogP contribution >= 0.6 is 11.6 Å². The number of fused-ring (bicyclic) bond motifs is 1. The number of amides is 1. The van der Waals surface area contributed by atoms with Crippen molar-refractivity contribution >= 4 is 44.6 Å². The van der Waals surface area contributed by atoms with Gasteiger partial charge in [-0.1, -0.05) is 35.9 Å². The van der Waals surface area contributed by atoms with E-state index in [1.165, 1.54) is 4.90 Å². The van der Waals surface area contributed by atoms with Crippen LogP contribution in [0.5, 0.6) is 0 Å². The highest BCUT2D eigenvalue weighted by atomic mass is 35.5. The standard InChI is InChI=1S/C23H17ClF3N3O5S/c24-19-9-8-18(13-21(19)30(32)33)36(34,35)29(17-6-3-5-16(12-17)23(25,26)27)14-22(31)28-11-10-15-4-1-2-7-20(15)28/h1-9,12-13H,10-11,14H2. The summed E-state index contributed by atoms with van der Waals surface area (Å²) in [7, 11) is -4.74. The predicted molar refractivity (Wildman–Crippen MR) is 127 cm³/mol. The summed E-state index contributed by atoms with van der Waals surface area (Å²) < 4.78 is 67.8. The van der Waals surface area contributed by atoms with Crippen molar-refractivity contribution in [2.75, 3.05) is 22.3 Å². The third-order valence-electron chi connectivity index (χ3n) is 5.63. The van der Waals surface area contributed by atoms with Gasteiger partial charge in [-0.3, -0.25) is 19.2 Å². The average Bonchev–Trinajstić information content (AvgIpc) is 3.26. The molecule has 0 N–H and O–H groups in total. The first-order valence-electron chi connectivity index (χ1n) is 10.4. The SMILES string of the molecule is O=C(CN(c1cccc(C(F)(F)F)c1)S(=O)(=O)c1ccc(Cl)c([N+](=O)[O-])c1)N1CCc2ccccc21. The molecule has 0 saturated carbocycles. The minimum absolute atomic E-state index is 0.265. The normalized spacial score (nSPS) is 13.4. The quantitative estimate of drug-likeness (QED) is 0.322. The van der Waals surface area contributed by atoms with Crippen LogP contribution in [0.3, 0.4) is 0 Å². The van der Waals surface area contributed by atoms with Crippen LogP contribution < -0.4 is 9.21 Å². The van der Waals surface area contributed by atoms with Crippen molar-refractivity contribution in [3.63, 3.8) is 0 Å². The highest BCUT2D eigenvalue weighted by molar-refractivity contribution is 7.92. The average molecular weight is 540 g/mol. The largest absolute Gasteiger partial charge is 0.416 e. The zero-order valence-electron chi connectivity index (χ0n) is 18.3. The lowest BCUT2D eigenvalue weighted by atomic mass is 10.2. The zero-order valence-corrected chi connectivity index (χ0v) is 19.8. The van der Waals surface area contributed by atoms with Crippen molar-refractivity contribution in [1.29, 1.82) is 0 Å². The lowest BCUT2D eigenvalue weighted by Crippen LogP contribution is -2.42. The Morgan fingerprint density at radius 2 is 1.81 bits per heavy atom. The Bertz CT molecular complexity index is 1460. The number of rotatable bonds is 6. The summed E-state index contributed by atoms with van der Waals surface area (Å²) in [5.74, 6) is -0.676. The Hall–Kier alpha value is -3.64. The van der Waals surface area contributed by atoms with Gasteiger partial charge in [0.15, 0.2) is 0 Å². The van der Waals surface area contributed by atoms with Crippen LogP contribution in [-0.2, 0) is 27.4 Å². The van der Waals surface area contributed by atoms with Crippen molar-refractivity contribution in [3.05, 3.63) is 93.0 Å². The van der Waals surface area contributed by atoms with Crippen LogP contribution in [0.4, 0.5) is 30.2 Å². The Balaban J connectivity index is 1.80. The molecule has 3 aromatic carbocycles. The van der Waals surface area contributed by atoms with Gasteiger partial charge in [0, 0.05) is 18.3 Å². The molecule has 4 rings (SSSR count). The smallest absolute Gasteiger partial charge is 0.310 e. The third kappa shape index (κ3) is 4.86. The van der Waals surface area contributed by atoms with Gasteiger partial charge in [0.25, 0.3) is 15.7 Å². The van der Waals surface area contributed by atoms with E-state index < -0.39 is 55.4 Å². The molecule has 36 heavy (non-hydrogen) atoms. The van der Waals surface area contributed by atoms with Gasteiger partial charge in [-0.15, -0.1) is 0 Å². The lowest BCUT2D eigenvalue weighted by molar-refractivity contribution is -0.384. The molecule has 0 aromatic heterocycles. The van der Waals surface area contributed by atoms with Crippen molar-refractivity contribution in [2.45, 2.75) is 17.5 Å². The lowest BCUT2D eigenvalue weighted by Gasteiger charge is -2.27. The van der Waals surface area contributed by atoms with Gasteiger partial charge in [-0.25, -0.2) is 8.42 Å². The second-order valence-corrected chi connectivity index (χ2v) is 10.1. The number of halogens is 4. The number of anilines is 2. The molecule has 0 bridgehead atoms. The number of benzene rings is 3. The summed E-state index contributed by atoms with van der Waals surface area (Å²) in [4.78, 5) is 24.4. The van der Waals surface area contributed by atoms with Gasteiger partial charge in [-0.2, -0.15) is 13.2 Å². The number of sulfonamides is 1. The van der Waals surface area contributed by atoms with Gasteiger partial charge in [0.1, 0.15) is 11.6 Å². The molecule has 0 spiro atoms. The van der Waals surface area contributed by atoms with Crippen LogP contribution in [0.25, 0.3) is 0 Å². The van der Waals surface area contributed by atoms with Gasteiger partial charge < -0.3 is 4.90 Å². The van der Waals surface area contributed by atoms with Crippen LogP contribution in [0.15, 0.2) is 71.6 Å². The highest BCUT2D eigenvalue weighted by Gasteiger charge is 2.35. The van der Waals surface area contributed by atoms with E-state index in [4.69, 9.17) is 11.6 Å². The van der Waals surface area contributed by atoms with Crippen molar-refractivity contribution < 1.29 is 31.3 Å². The van der Waals surface area contributed by atoms with Crippen LogP contribution in [0.1, 0.15) is 11.1 Å². The topological polar surface area (TPSA) is 101 Å². The molecular weight excluding hydrogens is 523 g/mol. The second kappa shape index (κ2) is 9.43. The second-order valence-electron chi connectivity index (χ2n) is 7.85. The Labute approximate surface area is 208 Å². The molecule has 0 fully saturated rings. The summed E-state index contributed by atoms with van der Waals surface area (Å²) in [5.41, 5.74) is -0.815. The zero-order chi connectivity index (χ0) is 26.3. The van der Waals surface area contributed by atoms with E-state index in [1.54, 1.807) is 18.2 Å². The van der Waals surface area contributed by atoms with E-state index in [2.05, 4.69) is 0 Å². The van der Waals surface area contributed by atoms with Crippen LogP contribution in [-0.4, -0.2) is 32.3 Å². The molecule has 188 valence electrons. The summed E-state index contributed by atoms with van der Waals surface area (Å²) in [6.45, 7) is -0.574. The highest BCUT2D eigenvalue weighted by Crippen LogP contribution is 2.35. The van der Waals surface area contributed by atoms with Crippen molar-refractivity contribution in [2.24, 2.45) is 0 Å². The number of nitrogens with zero attached hydrogens (tertiary/aromatic N) is 3. The Morgan fingerprint density at radius 3 is 2.50 bits per heavy atom. The molecule has 0 radical (unpaired) electrons. The number of carbonyl (C=O) groups excluding carboxylic acids is 1. The fourth-order valence-electron chi connectivity index (χ4n) is 3.88. The van der Waals surface area contributed by atoms with E-state index in [1.807, 2.05) is 6.07 Å². The van der Waals surface area contributed by atoms with Gasteiger partial charge >= 0.3 is 6.18 Å². The van der Waals surface area contributed by atoms with Crippen molar-refractivity contribution in [1.82, 2.24) is 0 Å². The molecular formula is C23H17ClF3N3O5S. The first-order valence-corrected chi connectivity index (χ1v) is 12.2. The predicted octanol–water partition coefficient (Wildman–Crippen LogP) is 5.05. The molecule has 0 saturated heterocycles. The molecule has 1 aliphatic heterocycles. The number of alkyl halides is 3. The molecule has 13 heteroatoms. The molecule has 3 aromatic rings.